The lowest BCUT2D eigenvalue weighted by Gasteiger charge is -2.66. The van der Waals surface area contributed by atoms with Gasteiger partial charge in [0, 0.05) is 18.8 Å². The molecule has 1 aliphatic heterocycles. The first kappa shape index (κ1) is 22.9. The van der Waals surface area contributed by atoms with Gasteiger partial charge in [-0.25, -0.2) is 0 Å². The zero-order valence-electron chi connectivity index (χ0n) is 20.3. The Labute approximate surface area is 188 Å². The third-order valence-electron chi connectivity index (χ3n) is 11.1. The Balaban J connectivity index is 1.68. The molecule has 8 atom stereocenters. The van der Waals surface area contributed by atoms with Crippen LogP contribution in [0.3, 0.4) is 0 Å². The van der Waals surface area contributed by atoms with Crippen molar-refractivity contribution in [2.24, 2.45) is 39.9 Å². The summed E-state index contributed by atoms with van der Waals surface area (Å²) >= 11 is 0. The fourth-order valence-corrected chi connectivity index (χ4v) is 9.35. The molecule has 4 heteroatoms. The van der Waals surface area contributed by atoms with Crippen LogP contribution in [0, 0.1) is 39.9 Å². The Kier molecular flexibility index (Phi) is 5.42. The van der Waals surface area contributed by atoms with Gasteiger partial charge in [0.1, 0.15) is 5.60 Å². The third kappa shape index (κ3) is 3.22. The normalized spacial score (nSPS) is 49.3. The van der Waals surface area contributed by atoms with Crippen molar-refractivity contribution in [3.63, 3.8) is 0 Å². The molecule has 3 aliphatic carbocycles. The number of aliphatic carboxylic acids is 1. The average Bonchev–Trinajstić information content (AvgIpc) is 3.21. The van der Waals surface area contributed by atoms with Crippen LogP contribution in [0.5, 0.6) is 0 Å². The van der Waals surface area contributed by atoms with Crippen molar-refractivity contribution in [3.05, 3.63) is 12.2 Å². The average molecular weight is 431 g/mol. The number of rotatable bonds is 5. The smallest absolute Gasteiger partial charge is 0.306 e. The molecule has 3 saturated carbocycles. The number of carboxylic acids is 1. The number of esters is 1. The molecule has 4 aliphatic rings. The van der Waals surface area contributed by atoms with E-state index in [1.807, 2.05) is 0 Å². The van der Waals surface area contributed by atoms with E-state index in [9.17, 15) is 14.7 Å². The summed E-state index contributed by atoms with van der Waals surface area (Å²) in [5, 5.41) is 9.49. The summed E-state index contributed by atoms with van der Waals surface area (Å²) in [6.45, 7) is 16.0. The Bertz CT molecular complexity index is 788. The first-order chi connectivity index (χ1) is 14.4. The maximum atomic E-state index is 12.0. The molecule has 0 unspecified atom stereocenters. The molecule has 4 fully saturated rings. The molecule has 4 rings (SSSR count). The summed E-state index contributed by atoms with van der Waals surface area (Å²) in [7, 11) is 0. The van der Waals surface area contributed by atoms with Crippen LogP contribution in [0.15, 0.2) is 12.2 Å². The number of cyclic esters (lactones) is 1. The number of allylic oxidation sites excluding steroid dienone is 1. The van der Waals surface area contributed by atoms with E-state index in [0.29, 0.717) is 30.1 Å². The highest BCUT2D eigenvalue weighted by atomic mass is 16.6. The molecule has 0 bridgehead atoms. The molecule has 1 N–H and O–H groups in total. The van der Waals surface area contributed by atoms with Crippen molar-refractivity contribution in [1.29, 1.82) is 0 Å². The van der Waals surface area contributed by atoms with Gasteiger partial charge in [-0.05, 0) is 99.2 Å². The zero-order valence-corrected chi connectivity index (χ0v) is 20.3. The van der Waals surface area contributed by atoms with Crippen molar-refractivity contribution >= 4 is 11.9 Å². The van der Waals surface area contributed by atoms with Crippen molar-refractivity contribution in [3.8, 4) is 0 Å². The summed E-state index contributed by atoms with van der Waals surface area (Å²) in [5.41, 5.74) is 1.29. The number of carbonyl (C=O) groups excluding carboxylic acids is 1. The highest BCUT2D eigenvalue weighted by Crippen LogP contribution is 2.74. The molecule has 174 valence electrons. The van der Waals surface area contributed by atoms with Crippen LogP contribution in [-0.2, 0) is 14.3 Å². The molecule has 0 aromatic carbocycles. The van der Waals surface area contributed by atoms with Crippen molar-refractivity contribution in [1.82, 2.24) is 0 Å². The van der Waals surface area contributed by atoms with Crippen molar-refractivity contribution in [2.75, 3.05) is 0 Å². The maximum absolute atomic E-state index is 12.0. The lowest BCUT2D eigenvalue weighted by Crippen LogP contribution is -2.60. The molecule has 0 aromatic heterocycles. The Morgan fingerprint density at radius 2 is 1.71 bits per heavy atom. The summed E-state index contributed by atoms with van der Waals surface area (Å²) in [5.74, 6) is 1.22. The quantitative estimate of drug-likeness (QED) is 0.405. The number of hydrogen-bond donors (Lipinski definition) is 1. The van der Waals surface area contributed by atoms with E-state index in [1.165, 1.54) is 24.8 Å². The minimum atomic E-state index is -0.689. The van der Waals surface area contributed by atoms with Crippen LogP contribution in [0.2, 0.25) is 0 Å². The minimum Gasteiger partial charge on any atom is -0.481 e. The predicted molar refractivity (Wildman–Crippen MR) is 121 cm³/mol. The molecule has 1 saturated heterocycles. The second-order valence-electron chi connectivity index (χ2n) is 12.3. The largest absolute Gasteiger partial charge is 0.481 e. The van der Waals surface area contributed by atoms with Crippen LogP contribution in [0.25, 0.3) is 0 Å². The Morgan fingerprint density at radius 3 is 2.29 bits per heavy atom. The number of ether oxygens (including phenoxy) is 1. The van der Waals surface area contributed by atoms with Gasteiger partial charge in [0.15, 0.2) is 0 Å². The molecule has 31 heavy (non-hydrogen) atoms. The molecule has 0 amide bonds. The molecule has 0 spiro atoms. The van der Waals surface area contributed by atoms with Crippen LogP contribution < -0.4 is 0 Å². The first-order valence-electron chi connectivity index (χ1n) is 12.5. The fraction of sp³-hybridized carbons (Fsp3) is 0.852. The fourth-order valence-electron chi connectivity index (χ4n) is 9.35. The van der Waals surface area contributed by atoms with E-state index < -0.39 is 5.97 Å². The van der Waals surface area contributed by atoms with Crippen LogP contribution in [0.4, 0.5) is 0 Å². The van der Waals surface area contributed by atoms with Gasteiger partial charge in [-0.1, -0.05) is 32.9 Å². The van der Waals surface area contributed by atoms with E-state index in [-0.39, 0.29) is 34.2 Å². The maximum Gasteiger partial charge on any atom is 0.306 e. The molecule has 1 heterocycles. The van der Waals surface area contributed by atoms with Gasteiger partial charge in [-0.15, -0.1) is 0 Å². The highest BCUT2D eigenvalue weighted by Gasteiger charge is 2.68. The van der Waals surface area contributed by atoms with E-state index in [2.05, 4.69) is 41.2 Å². The Morgan fingerprint density at radius 1 is 1.03 bits per heavy atom. The minimum absolute atomic E-state index is 0.0208. The topological polar surface area (TPSA) is 63.6 Å². The van der Waals surface area contributed by atoms with Crippen LogP contribution in [-0.4, -0.2) is 22.6 Å². The molecular weight excluding hydrogens is 388 g/mol. The number of carbonyl (C=O) groups is 2. The summed E-state index contributed by atoms with van der Waals surface area (Å²) < 4.78 is 5.93. The van der Waals surface area contributed by atoms with Gasteiger partial charge in [0.25, 0.3) is 0 Å². The van der Waals surface area contributed by atoms with Gasteiger partial charge in [0.05, 0.1) is 0 Å². The van der Waals surface area contributed by atoms with Crippen molar-refractivity contribution in [2.45, 2.75) is 104 Å². The molecule has 0 aromatic rings. The van der Waals surface area contributed by atoms with E-state index in [0.717, 1.165) is 32.1 Å². The first-order valence-corrected chi connectivity index (χ1v) is 12.5. The van der Waals surface area contributed by atoms with Gasteiger partial charge in [-0.2, -0.15) is 0 Å². The second-order valence-corrected chi connectivity index (χ2v) is 12.3. The monoisotopic (exact) mass is 430 g/mol. The zero-order chi connectivity index (χ0) is 22.8. The second kappa shape index (κ2) is 7.35. The lowest BCUT2D eigenvalue weighted by atomic mass is 9.38. The van der Waals surface area contributed by atoms with Gasteiger partial charge < -0.3 is 9.84 Å². The molecular formula is C27H42O4. The van der Waals surface area contributed by atoms with Crippen LogP contribution in [0.1, 0.15) is 98.8 Å². The van der Waals surface area contributed by atoms with Crippen molar-refractivity contribution < 1.29 is 19.4 Å². The van der Waals surface area contributed by atoms with Gasteiger partial charge >= 0.3 is 11.9 Å². The SMILES string of the molecule is C=C(C)[C@@H]1CC[C@]2(C)[C@H](CC[C@@H]3[C@@H]([C@@]4(C)CCC(=O)O4)CC[C@]32C)[C@@]1(C)CCC(=O)O. The summed E-state index contributed by atoms with van der Waals surface area (Å²) in [6.07, 6.45) is 9.34. The predicted octanol–water partition coefficient (Wildman–Crippen LogP) is 6.39. The van der Waals surface area contributed by atoms with E-state index >= 15 is 0 Å². The Hall–Kier alpha value is -1.32. The summed E-state index contributed by atoms with van der Waals surface area (Å²) in [4.78, 5) is 23.5. The number of fused-ring (bicyclic) bond motifs is 3. The lowest BCUT2D eigenvalue weighted by molar-refractivity contribution is -0.181. The molecule has 0 radical (unpaired) electrons. The van der Waals surface area contributed by atoms with Crippen LogP contribution >= 0.6 is 0 Å². The van der Waals surface area contributed by atoms with E-state index in [4.69, 9.17) is 4.74 Å². The van der Waals surface area contributed by atoms with Gasteiger partial charge in [-0.3, -0.25) is 9.59 Å². The van der Waals surface area contributed by atoms with Gasteiger partial charge in [0.2, 0.25) is 0 Å². The molecule has 4 nitrogen and oxygen atoms in total. The number of carboxylic acid groups (broad SMARTS) is 1. The summed E-state index contributed by atoms with van der Waals surface area (Å²) in [6, 6.07) is 0. The standard InChI is InChI=1S/C27H42O4/c1-17(2)18-9-15-26(5)21(24(18,3)13-11-22(28)29)8-7-19-20(10-14-25(19,26)4)27(6)16-12-23(30)31-27/h18-21H,1,7-16H2,2-6H3,(H,28,29)/t18-,19+,20-,21+,24-,25+,26+,27+/m0/s1. The third-order valence-corrected chi connectivity index (χ3v) is 11.1. The highest BCUT2D eigenvalue weighted by molar-refractivity contribution is 5.72. The number of hydrogen-bond acceptors (Lipinski definition) is 3. The van der Waals surface area contributed by atoms with E-state index in [1.54, 1.807) is 0 Å².